The second kappa shape index (κ2) is 11.2. The van der Waals surface area contributed by atoms with E-state index in [1.165, 1.54) is 37.2 Å². The summed E-state index contributed by atoms with van der Waals surface area (Å²) in [6.45, 7) is 14.1. The number of para-hydroxylation sites is 1. The summed E-state index contributed by atoms with van der Waals surface area (Å²) >= 11 is 0. The Morgan fingerprint density at radius 1 is 1.21 bits per heavy atom. The number of fused-ring (bicyclic) bond motifs is 1. The minimum atomic E-state index is 0. The van der Waals surface area contributed by atoms with Crippen LogP contribution < -0.4 is 15.5 Å². The summed E-state index contributed by atoms with van der Waals surface area (Å²) in [4.78, 5) is 9.94. The van der Waals surface area contributed by atoms with Crippen molar-refractivity contribution in [3.63, 3.8) is 0 Å². The number of anilines is 1. The SMILES string of the molecule is CCNC(=NCCN1c2ccccc2CC1C)NC1CCN(C(C)C)CC1.I. The fraction of sp³-hybridized carbons (Fsp3) is 0.682. The molecule has 0 spiro atoms. The Kier molecular flexibility index (Phi) is 9.34. The average molecular weight is 499 g/mol. The molecule has 1 aromatic carbocycles. The smallest absolute Gasteiger partial charge is 0.191 e. The van der Waals surface area contributed by atoms with Crippen molar-refractivity contribution in [3.05, 3.63) is 29.8 Å². The molecule has 1 unspecified atom stereocenters. The number of hydrogen-bond donors (Lipinski definition) is 2. The lowest BCUT2D eigenvalue weighted by atomic mass is 10.0. The van der Waals surface area contributed by atoms with Gasteiger partial charge in [-0.15, -0.1) is 24.0 Å². The fourth-order valence-electron chi connectivity index (χ4n) is 4.31. The highest BCUT2D eigenvalue weighted by atomic mass is 127. The summed E-state index contributed by atoms with van der Waals surface area (Å²) in [6, 6.07) is 10.5. The zero-order valence-electron chi connectivity index (χ0n) is 17.9. The Balaban J connectivity index is 0.00000280. The molecule has 0 aliphatic carbocycles. The van der Waals surface area contributed by atoms with E-state index >= 15 is 0 Å². The molecule has 5 nitrogen and oxygen atoms in total. The van der Waals surface area contributed by atoms with Gasteiger partial charge in [-0.2, -0.15) is 0 Å². The minimum absolute atomic E-state index is 0. The number of likely N-dealkylation sites (tertiary alicyclic amines) is 1. The Morgan fingerprint density at radius 3 is 2.61 bits per heavy atom. The van der Waals surface area contributed by atoms with Crippen LogP contribution in [0.3, 0.4) is 0 Å². The quantitative estimate of drug-likeness (QED) is 0.358. The van der Waals surface area contributed by atoms with Crippen molar-refractivity contribution in [2.45, 2.75) is 65.1 Å². The van der Waals surface area contributed by atoms with Crippen molar-refractivity contribution in [1.29, 1.82) is 0 Å². The Hall–Kier alpha value is -1.02. The highest BCUT2D eigenvalue weighted by Gasteiger charge is 2.25. The lowest BCUT2D eigenvalue weighted by Crippen LogP contribution is -2.50. The Morgan fingerprint density at radius 2 is 1.93 bits per heavy atom. The number of hydrogen-bond acceptors (Lipinski definition) is 3. The monoisotopic (exact) mass is 499 g/mol. The summed E-state index contributed by atoms with van der Waals surface area (Å²) in [7, 11) is 0. The zero-order valence-corrected chi connectivity index (χ0v) is 20.3. The van der Waals surface area contributed by atoms with Crippen LogP contribution in [-0.2, 0) is 6.42 Å². The normalized spacial score (nSPS) is 20.8. The third-order valence-corrected chi connectivity index (χ3v) is 5.90. The highest BCUT2D eigenvalue weighted by molar-refractivity contribution is 14.0. The van der Waals surface area contributed by atoms with E-state index in [0.717, 1.165) is 32.0 Å². The molecule has 1 fully saturated rings. The molecule has 2 N–H and O–H groups in total. The van der Waals surface area contributed by atoms with E-state index in [0.29, 0.717) is 18.1 Å². The number of halogens is 1. The van der Waals surface area contributed by atoms with E-state index in [1.54, 1.807) is 0 Å². The molecule has 1 atom stereocenters. The van der Waals surface area contributed by atoms with Crippen LogP contribution in [0.25, 0.3) is 0 Å². The van der Waals surface area contributed by atoms with Crippen molar-refractivity contribution in [3.8, 4) is 0 Å². The van der Waals surface area contributed by atoms with Crippen molar-refractivity contribution >= 4 is 35.6 Å². The van der Waals surface area contributed by atoms with Crippen LogP contribution in [0.15, 0.2) is 29.3 Å². The molecule has 2 aliphatic heterocycles. The number of aliphatic imine (C=N–C) groups is 1. The van der Waals surface area contributed by atoms with Crippen LogP contribution in [-0.4, -0.2) is 61.7 Å². The number of nitrogens with one attached hydrogen (secondary N) is 2. The highest BCUT2D eigenvalue weighted by Crippen LogP contribution is 2.31. The fourth-order valence-corrected chi connectivity index (χ4v) is 4.31. The molecule has 6 heteroatoms. The van der Waals surface area contributed by atoms with Crippen LogP contribution in [0.1, 0.15) is 46.1 Å². The first-order chi connectivity index (χ1) is 13.1. The van der Waals surface area contributed by atoms with Crippen molar-refractivity contribution in [2.75, 3.05) is 37.6 Å². The standard InChI is InChI=1S/C22H37N5.HI/c1-5-23-22(25-20-10-13-26(14-11-20)17(2)3)24-12-15-27-18(4)16-19-8-6-7-9-21(19)27;/h6-9,17-18,20H,5,10-16H2,1-4H3,(H2,23,24,25);1H. The number of guanidine groups is 1. The lowest BCUT2D eigenvalue weighted by Gasteiger charge is -2.35. The maximum atomic E-state index is 4.87. The summed E-state index contributed by atoms with van der Waals surface area (Å²) in [5, 5.41) is 7.09. The molecule has 0 aromatic heterocycles. The van der Waals surface area contributed by atoms with Crippen LogP contribution in [0.2, 0.25) is 0 Å². The topological polar surface area (TPSA) is 42.9 Å². The zero-order chi connectivity index (χ0) is 19.2. The molecular weight excluding hydrogens is 461 g/mol. The summed E-state index contributed by atoms with van der Waals surface area (Å²) in [5.74, 6) is 0.973. The molecule has 28 heavy (non-hydrogen) atoms. The van der Waals surface area contributed by atoms with Gasteiger partial charge in [0.15, 0.2) is 5.96 Å². The van der Waals surface area contributed by atoms with E-state index in [1.807, 2.05) is 0 Å². The third-order valence-electron chi connectivity index (χ3n) is 5.90. The van der Waals surface area contributed by atoms with Gasteiger partial charge in [0.25, 0.3) is 0 Å². The number of rotatable bonds is 6. The van der Waals surface area contributed by atoms with Gasteiger partial charge in [-0.25, -0.2) is 0 Å². The largest absolute Gasteiger partial charge is 0.366 e. The van der Waals surface area contributed by atoms with Gasteiger partial charge in [-0.1, -0.05) is 18.2 Å². The van der Waals surface area contributed by atoms with Crippen molar-refractivity contribution in [1.82, 2.24) is 15.5 Å². The molecule has 1 aromatic rings. The van der Waals surface area contributed by atoms with Crippen LogP contribution in [0.5, 0.6) is 0 Å². The molecule has 0 radical (unpaired) electrons. The molecule has 2 heterocycles. The van der Waals surface area contributed by atoms with E-state index in [2.05, 4.69) is 72.4 Å². The van der Waals surface area contributed by atoms with Gasteiger partial charge in [0.1, 0.15) is 0 Å². The molecular formula is C22H38IN5. The third kappa shape index (κ3) is 5.99. The molecule has 0 amide bonds. The molecule has 158 valence electrons. The second-order valence-electron chi connectivity index (χ2n) is 8.18. The summed E-state index contributed by atoms with van der Waals surface area (Å²) in [5.41, 5.74) is 2.86. The number of nitrogens with zero attached hydrogens (tertiary/aromatic N) is 3. The molecule has 2 aliphatic rings. The van der Waals surface area contributed by atoms with Gasteiger partial charge in [0, 0.05) is 50.0 Å². The molecule has 0 saturated carbocycles. The van der Waals surface area contributed by atoms with Gasteiger partial charge in [-0.05, 0) is 58.6 Å². The van der Waals surface area contributed by atoms with Crippen molar-refractivity contribution in [2.24, 2.45) is 4.99 Å². The van der Waals surface area contributed by atoms with Gasteiger partial charge >= 0.3 is 0 Å². The Bertz CT molecular complexity index is 625. The van der Waals surface area contributed by atoms with E-state index in [-0.39, 0.29) is 24.0 Å². The van der Waals surface area contributed by atoms with Crippen molar-refractivity contribution < 1.29 is 0 Å². The van der Waals surface area contributed by atoms with Gasteiger partial charge in [-0.3, -0.25) is 4.99 Å². The maximum Gasteiger partial charge on any atom is 0.191 e. The summed E-state index contributed by atoms with van der Waals surface area (Å²) in [6.07, 6.45) is 3.53. The molecule has 0 bridgehead atoms. The first-order valence-corrected chi connectivity index (χ1v) is 10.7. The number of benzene rings is 1. The van der Waals surface area contributed by atoms with E-state index in [9.17, 15) is 0 Å². The first-order valence-electron chi connectivity index (χ1n) is 10.7. The first kappa shape index (κ1) is 23.3. The van der Waals surface area contributed by atoms with Gasteiger partial charge in [0.05, 0.1) is 6.54 Å². The summed E-state index contributed by atoms with van der Waals surface area (Å²) < 4.78 is 0. The van der Waals surface area contributed by atoms with Gasteiger partial charge in [0.2, 0.25) is 0 Å². The molecule has 3 rings (SSSR count). The predicted octanol–water partition coefficient (Wildman–Crippen LogP) is 3.48. The Labute approximate surface area is 188 Å². The van der Waals surface area contributed by atoms with Crippen LogP contribution in [0.4, 0.5) is 5.69 Å². The second-order valence-corrected chi connectivity index (χ2v) is 8.18. The van der Waals surface area contributed by atoms with Crippen LogP contribution >= 0.6 is 24.0 Å². The predicted molar refractivity (Wildman–Crippen MR) is 131 cm³/mol. The average Bonchev–Trinajstić information content (AvgIpc) is 2.98. The van der Waals surface area contributed by atoms with Gasteiger partial charge < -0.3 is 20.4 Å². The maximum absolute atomic E-state index is 4.87. The van der Waals surface area contributed by atoms with Crippen LogP contribution in [0, 0.1) is 0 Å². The number of piperidine rings is 1. The van der Waals surface area contributed by atoms with E-state index < -0.39 is 0 Å². The minimum Gasteiger partial charge on any atom is -0.366 e. The van der Waals surface area contributed by atoms with E-state index in [4.69, 9.17) is 4.99 Å². The molecule has 1 saturated heterocycles. The lowest BCUT2D eigenvalue weighted by molar-refractivity contribution is 0.167.